The fourth-order valence-corrected chi connectivity index (χ4v) is 2.61. The highest BCUT2D eigenvalue weighted by Gasteiger charge is 2.35. The number of likely N-dealkylation sites (tertiary alicyclic amines) is 1. The molecule has 2 amide bonds. The van der Waals surface area contributed by atoms with Gasteiger partial charge in [0.1, 0.15) is 0 Å². The van der Waals surface area contributed by atoms with E-state index >= 15 is 0 Å². The Balaban J connectivity index is 1.76. The van der Waals surface area contributed by atoms with Gasteiger partial charge in [-0.25, -0.2) is 0 Å². The van der Waals surface area contributed by atoms with Crippen molar-refractivity contribution in [3.05, 3.63) is 0 Å². The zero-order valence-corrected chi connectivity index (χ0v) is 12.7. The topological polar surface area (TPSA) is 86.7 Å². The van der Waals surface area contributed by atoms with E-state index in [2.05, 4.69) is 5.32 Å². The van der Waals surface area contributed by atoms with E-state index in [0.717, 1.165) is 25.7 Å². The Morgan fingerprint density at radius 1 is 1.05 bits per heavy atom. The number of amides is 2. The summed E-state index contributed by atoms with van der Waals surface area (Å²) in [5, 5.41) is 11.9. The lowest BCUT2D eigenvalue weighted by Crippen LogP contribution is -2.48. The normalized spacial score (nSPS) is 22.5. The summed E-state index contributed by atoms with van der Waals surface area (Å²) in [4.78, 5) is 36.8. The maximum Gasteiger partial charge on any atom is 0.307 e. The standard InChI is InChI=1S/C15H24N2O4/c1-9(10(2)15(20)21)13(18)16-12-5-7-17(8-6-12)14(19)11-3-4-11/h9-12H,3-8H2,1-2H3,(H,16,18)(H,20,21). The number of hydrogen-bond donors (Lipinski definition) is 2. The molecule has 2 rings (SSSR count). The van der Waals surface area contributed by atoms with Crippen LogP contribution in [0.15, 0.2) is 0 Å². The number of carbonyl (C=O) groups excluding carboxylic acids is 2. The van der Waals surface area contributed by atoms with Gasteiger partial charge in [-0.3, -0.25) is 14.4 Å². The molecule has 0 aromatic rings. The van der Waals surface area contributed by atoms with Gasteiger partial charge in [-0.1, -0.05) is 13.8 Å². The second kappa shape index (κ2) is 6.45. The van der Waals surface area contributed by atoms with E-state index in [0.29, 0.717) is 13.1 Å². The Labute approximate surface area is 124 Å². The van der Waals surface area contributed by atoms with E-state index < -0.39 is 17.8 Å². The van der Waals surface area contributed by atoms with E-state index in [-0.39, 0.29) is 23.8 Å². The van der Waals surface area contributed by atoms with Crippen molar-refractivity contribution in [2.75, 3.05) is 13.1 Å². The quantitative estimate of drug-likeness (QED) is 0.788. The zero-order valence-electron chi connectivity index (χ0n) is 12.7. The van der Waals surface area contributed by atoms with Crippen LogP contribution in [0.1, 0.15) is 39.5 Å². The van der Waals surface area contributed by atoms with Gasteiger partial charge < -0.3 is 15.3 Å². The van der Waals surface area contributed by atoms with E-state index in [9.17, 15) is 14.4 Å². The van der Waals surface area contributed by atoms with Crippen molar-refractivity contribution in [2.24, 2.45) is 17.8 Å². The van der Waals surface area contributed by atoms with Gasteiger partial charge in [0.05, 0.1) is 5.92 Å². The molecule has 1 aliphatic heterocycles. The summed E-state index contributed by atoms with van der Waals surface area (Å²) in [6.45, 7) is 4.55. The van der Waals surface area contributed by atoms with Gasteiger partial charge in [-0.15, -0.1) is 0 Å². The SMILES string of the molecule is CC(C(=O)O)C(C)C(=O)NC1CCN(C(=O)C2CC2)CC1. The number of aliphatic carboxylic acids is 1. The molecule has 0 aromatic carbocycles. The summed E-state index contributed by atoms with van der Waals surface area (Å²) >= 11 is 0. The molecule has 0 radical (unpaired) electrons. The van der Waals surface area contributed by atoms with Crippen LogP contribution >= 0.6 is 0 Å². The first-order valence-corrected chi connectivity index (χ1v) is 7.72. The maximum atomic E-state index is 12.0. The number of carboxylic acid groups (broad SMARTS) is 1. The summed E-state index contributed by atoms with van der Waals surface area (Å²) in [7, 11) is 0. The average Bonchev–Trinajstić information content (AvgIpc) is 3.30. The molecule has 2 N–H and O–H groups in total. The van der Waals surface area contributed by atoms with Crippen molar-refractivity contribution >= 4 is 17.8 Å². The highest BCUT2D eigenvalue weighted by atomic mass is 16.4. The number of nitrogens with zero attached hydrogens (tertiary/aromatic N) is 1. The average molecular weight is 296 g/mol. The minimum Gasteiger partial charge on any atom is -0.481 e. The molecule has 6 heteroatoms. The van der Waals surface area contributed by atoms with Gasteiger partial charge in [-0.2, -0.15) is 0 Å². The van der Waals surface area contributed by atoms with Crippen LogP contribution < -0.4 is 5.32 Å². The molecule has 2 fully saturated rings. The Morgan fingerprint density at radius 3 is 2.10 bits per heavy atom. The first-order chi connectivity index (χ1) is 9.90. The monoisotopic (exact) mass is 296 g/mol. The second-order valence-corrected chi connectivity index (χ2v) is 6.30. The molecule has 0 spiro atoms. The molecular formula is C15H24N2O4. The van der Waals surface area contributed by atoms with Crippen LogP contribution in [0, 0.1) is 17.8 Å². The molecule has 6 nitrogen and oxygen atoms in total. The third kappa shape index (κ3) is 3.95. The Morgan fingerprint density at radius 2 is 1.62 bits per heavy atom. The van der Waals surface area contributed by atoms with E-state index in [4.69, 9.17) is 5.11 Å². The van der Waals surface area contributed by atoms with Crippen LogP contribution in [-0.4, -0.2) is 46.9 Å². The van der Waals surface area contributed by atoms with Gasteiger partial charge in [-0.05, 0) is 25.7 Å². The predicted octanol–water partition coefficient (Wildman–Crippen LogP) is 0.860. The summed E-state index contributed by atoms with van der Waals surface area (Å²) in [6.07, 6.45) is 3.52. The van der Waals surface area contributed by atoms with Crippen molar-refractivity contribution in [3.8, 4) is 0 Å². The Hall–Kier alpha value is -1.59. The van der Waals surface area contributed by atoms with Crippen molar-refractivity contribution in [2.45, 2.75) is 45.6 Å². The van der Waals surface area contributed by atoms with Gasteiger partial charge in [0.2, 0.25) is 11.8 Å². The van der Waals surface area contributed by atoms with E-state index in [1.165, 1.54) is 0 Å². The van der Waals surface area contributed by atoms with Crippen molar-refractivity contribution < 1.29 is 19.5 Å². The molecule has 118 valence electrons. The molecule has 1 saturated heterocycles. The van der Waals surface area contributed by atoms with Crippen molar-refractivity contribution in [3.63, 3.8) is 0 Å². The van der Waals surface area contributed by atoms with Gasteiger partial charge >= 0.3 is 5.97 Å². The molecule has 1 heterocycles. The van der Waals surface area contributed by atoms with Crippen LogP contribution in [0.3, 0.4) is 0 Å². The molecule has 1 saturated carbocycles. The fourth-order valence-electron chi connectivity index (χ4n) is 2.61. The number of carbonyl (C=O) groups is 3. The number of carboxylic acids is 1. The molecule has 2 unspecified atom stereocenters. The lowest BCUT2D eigenvalue weighted by Gasteiger charge is -2.33. The van der Waals surface area contributed by atoms with Gasteiger partial charge in [0.25, 0.3) is 0 Å². The third-order valence-corrected chi connectivity index (χ3v) is 4.63. The summed E-state index contributed by atoms with van der Waals surface area (Å²) in [5.41, 5.74) is 0. The van der Waals surface area contributed by atoms with Crippen LogP contribution in [0.4, 0.5) is 0 Å². The van der Waals surface area contributed by atoms with Crippen LogP contribution in [0.2, 0.25) is 0 Å². The summed E-state index contributed by atoms with van der Waals surface area (Å²) in [6, 6.07) is 0.0456. The fraction of sp³-hybridized carbons (Fsp3) is 0.800. The second-order valence-electron chi connectivity index (χ2n) is 6.30. The molecule has 0 aromatic heterocycles. The number of piperidine rings is 1. The molecule has 21 heavy (non-hydrogen) atoms. The summed E-state index contributed by atoms with van der Waals surface area (Å²) in [5.74, 6) is -1.91. The molecular weight excluding hydrogens is 272 g/mol. The van der Waals surface area contributed by atoms with Crippen molar-refractivity contribution in [1.82, 2.24) is 10.2 Å². The minimum absolute atomic E-state index is 0.0456. The minimum atomic E-state index is -0.956. The number of rotatable bonds is 5. The number of nitrogens with one attached hydrogen (secondary N) is 1. The molecule has 2 aliphatic rings. The Bertz CT molecular complexity index is 425. The first kappa shape index (κ1) is 15.8. The highest BCUT2D eigenvalue weighted by Crippen LogP contribution is 2.31. The highest BCUT2D eigenvalue weighted by molar-refractivity contribution is 5.84. The van der Waals surface area contributed by atoms with Crippen LogP contribution in [0.25, 0.3) is 0 Å². The maximum absolute atomic E-state index is 12.0. The van der Waals surface area contributed by atoms with Crippen LogP contribution in [0.5, 0.6) is 0 Å². The summed E-state index contributed by atoms with van der Waals surface area (Å²) < 4.78 is 0. The molecule has 0 bridgehead atoms. The lowest BCUT2D eigenvalue weighted by atomic mass is 9.94. The first-order valence-electron chi connectivity index (χ1n) is 7.72. The van der Waals surface area contributed by atoms with Crippen LogP contribution in [-0.2, 0) is 14.4 Å². The van der Waals surface area contributed by atoms with Gasteiger partial charge in [0, 0.05) is 31.0 Å². The number of hydrogen-bond acceptors (Lipinski definition) is 3. The van der Waals surface area contributed by atoms with E-state index in [1.54, 1.807) is 13.8 Å². The molecule has 2 atom stereocenters. The van der Waals surface area contributed by atoms with Gasteiger partial charge in [0.15, 0.2) is 0 Å². The zero-order chi connectivity index (χ0) is 15.6. The third-order valence-electron chi connectivity index (χ3n) is 4.63. The molecule has 1 aliphatic carbocycles. The smallest absolute Gasteiger partial charge is 0.307 e. The predicted molar refractivity (Wildman–Crippen MR) is 76.4 cm³/mol. The lowest BCUT2D eigenvalue weighted by molar-refractivity contribution is -0.146. The van der Waals surface area contributed by atoms with E-state index in [1.807, 2.05) is 4.90 Å². The largest absolute Gasteiger partial charge is 0.481 e. The Kier molecular flexibility index (Phi) is 4.85. The van der Waals surface area contributed by atoms with Crippen molar-refractivity contribution in [1.29, 1.82) is 0 Å².